The number of methoxy groups -OCH3 is 1. The van der Waals surface area contributed by atoms with Crippen molar-refractivity contribution in [3.63, 3.8) is 0 Å². The number of ether oxygens (including phenoxy) is 2. The van der Waals surface area contributed by atoms with Gasteiger partial charge in [0.05, 0.1) is 25.3 Å². The number of hydrogen-bond acceptors (Lipinski definition) is 4. The van der Waals surface area contributed by atoms with Gasteiger partial charge in [-0.2, -0.15) is 5.26 Å². The van der Waals surface area contributed by atoms with E-state index in [2.05, 4.69) is 11.4 Å². The highest BCUT2D eigenvalue weighted by molar-refractivity contribution is 5.76. The lowest BCUT2D eigenvalue weighted by Crippen LogP contribution is -2.23. The molecule has 0 heterocycles. The number of aryl methyl sites for hydroxylation is 1. The van der Waals surface area contributed by atoms with Crippen molar-refractivity contribution in [2.24, 2.45) is 0 Å². The summed E-state index contributed by atoms with van der Waals surface area (Å²) >= 11 is 0. The van der Waals surface area contributed by atoms with Crippen LogP contribution >= 0.6 is 0 Å². The van der Waals surface area contributed by atoms with Gasteiger partial charge in [0.15, 0.2) is 11.5 Å². The monoisotopic (exact) mass is 338 g/mol. The first kappa shape index (κ1) is 18.3. The number of hydrogen-bond donors (Lipinski definition) is 1. The molecular weight excluding hydrogens is 316 g/mol. The van der Waals surface area contributed by atoms with Gasteiger partial charge in [-0.05, 0) is 48.7 Å². The summed E-state index contributed by atoms with van der Waals surface area (Å²) in [5, 5.41) is 11.7. The van der Waals surface area contributed by atoms with E-state index in [1.165, 1.54) is 0 Å². The van der Waals surface area contributed by atoms with E-state index >= 15 is 0 Å². The Kier molecular flexibility index (Phi) is 6.85. The molecule has 0 spiro atoms. The second-order valence-corrected chi connectivity index (χ2v) is 5.50. The fourth-order valence-electron chi connectivity index (χ4n) is 2.39. The maximum absolute atomic E-state index is 12.0. The van der Waals surface area contributed by atoms with Crippen molar-refractivity contribution in [3.05, 3.63) is 59.2 Å². The predicted octanol–water partition coefficient (Wildman–Crippen LogP) is 3.21. The standard InChI is InChI=1S/C20H22N2O3/c1-3-25-18-10-8-17(12-19(18)24-2)14-22-20(23)11-9-15-4-6-16(13-21)7-5-15/h4-8,10,12H,3,9,11,14H2,1-2H3,(H,22,23). The SMILES string of the molecule is CCOc1ccc(CNC(=O)CCc2ccc(C#N)cc2)cc1OC. The Bertz CT molecular complexity index is 749. The van der Waals surface area contributed by atoms with Crippen LogP contribution in [0.15, 0.2) is 42.5 Å². The Morgan fingerprint density at radius 3 is 2.48 bits per heavy atom. The first-order valence-corrected chi connectivity index (χ1v) is 8.21. The van der Waals surface area contributed by atoms with Crippen molar-refractivity contribution in [1.82, 2.24) is 5.32 Å². The molecule has 0 bridgehead atoms. The Labute approximate surface area is 148 Å². The maximum Gasteiger partial charge on any atom is 0.220 e. The molecule has 0 aliphatic carbocycles. The van der Waals surface area contributed by atoms with Crippen molar-refractivity contribution in [2.75, 3.05) is 13.7 Å². The zero-order chi connectivity index (χ0) is 18.1. The molecule has 2 rings (SSSR count). The first-order valence-electron chi connectivity index (χ1n) is 8.21. The van der Waals surface area contributed by atoms with Crippen LogP contribution in [0.25, 0.3) is 0 Å². The van der Waals surface area contributed by atoms with Crippen LogP contribution in [0, 0.1) is 11.3 Å². The molecule has 0 fully saturated rings. The van der Waals surface area contributed by atoms with E-state index in [-0.39, 0.29) is 5.91 Å². The maximum atomic E-state index is 12.0. The molecule has 0 saturated carbocycles. The molecule has 25 heavy (non-hydrogen) atoms. The minimum atomic E-state index is -0.0165. The van der Waals surface area contributed by atoms with Gasteiger partial charge in [-0.1, -0.05) is 18.2 Å². The Hall–Kier alpha value is -3.00. The molecule has 1 N–H and O–H groups in total. The first-order chi connectivity index (χ1) is 12.2. The molecule has 5 nitrogen and oxygen atoms in total. The summed E-state index contributed by atoms with van der Waals surface area (Å²) in [6.45, 7) is 2.93. The molecule has 0 radical (unpaired) electrons. The number of nitriles is 1. The third kappa shape index (κ3) is 5.54. The van der Waals surface area contributed by atoms with Gasteiger partial charge in [-0.3, -0.25) is 4.79 Å². The number of carbonyl (C=O) groups is 1. The van der Waals surface area contributed by atoms with Gasteiger partial charge in [0.25, 0.3) is 0 Å². The smallest absolute Gasteiger partial charge is 0.220 e. The van der Waals surface area contributed by atoms with Crippen LogP contribution in [0.1, 0.15) is 30.0 Å². The summed E-state index contributed by atoms with van der Waals surface area (Å²) in [6.07, 6.45) is 1.05. The van der Waals surface area contributed by atoms with Crippen molar-refractivity contribution < 1.29 is 14.3 Å². The van der Waals surface area contributed by atoms with Crippen LogP contribution in [0.5, 0.6) is 11.5 Å². The second kappa shape index (κ2) is 9.33. The molecule has 0 aromatic heterocycles. The van der Waals surface area contributed by atoms with Crippen molar-refractivity contribution in [3.8, 4) is 17.6 Å². The van der Waals surface area contributed by atoms with E-state index in [1.807, 2.05) is 37.3 Å². The Balaban J connectivity index is 1.84. The highest BCUT2D eigenvalue weighted by atomic mass is 16.5. The Morgan fingerprint density at radius 2 is 1.84 bits per heavy atom. The average Bonchev–Trinajstić information content (AvgIpc) is 2.66. The fourth-order valence-corrected chi connectivity index (χ4v) is 2.39. The van der Waals surface area contributed by atoms with Gasteiger partial charge < -0.3 is 14.8 Å². The topological polar surface area (TPSA) is 71.3 Å². The van der Waals surface area contributed by atoms with E-state index in [0.717, 1.165) is 11.1 Å². The number of nitrogens with zero attached hydrogens (tertiary/aromatic N) is 1. The van der Waals surface area contributed by atoms with Crippen LogP contribution in [0.2, 0.25) is 0 Å². The second-order valence-electron chi connectivity index (χ2n) is 5.50. The quantitative estimate of drug-likeness (QED) is 0.802. The lowest BCUT2D eigenvalue weighted by molar-refractivity contribution is -0.121. The van der Waals surface area contributed by atoms with E-state index < -0.39 is 0 Å². The van der Waals surface area contributed by atoms with Crippen LogP contribution in [-0.4, -0.2) is 19.6 Å². The molecular formula is C20H22N2O3. The molecule has 0 aliphatic rings. The summed E-state index contributed by atoms with van der Waals surface area (Å²) < 4.78 is 10.8. The largest absolute Gasteiger partial charge is 0.493 e. The molecule has 0 unspecified atom stereocenters. The third-order valence-electron chi connectivity index (χ3n) is 3.74. The minimum Gasteiger partial charge on any atom is -0.493 e. The van der Waals surface area contributed by atoms with Gasteiger partial charge >= 0.3 is 0 Å². The summed E-state index contributed by atoms with van der Waals surface area (Å²) in [5.74, 6) is 1.34. The van der Waals surface area contributed by atoms with Crippen molar-refractivity contribution >= 4 is 5.91 Å². The van der Waals surface area contributed by atoms with E-state index in [9.17, 15) is 4.79 Å². The Morgan fingerprint density at radius 1 is 1.12 bits per heavy atom. The van der Waals surface area contributed by atoms with Crippen LogP contribution in [0.4, 0.5) is 0 Å². The van der Waals surface area contributed by atoms with E-state index in [1.54, 1.807) is 19.2 Å². The van der Waals surface area contributed by atoms with Crippen molar-refractivity contribution in [1.29, 1.82) is 5.26 Å². The highest BCUT2D eigenvalue weighted by Gasteiger charge is 2.07. The zero-order valence-corrected chi connectivity index (χ0v) is 14.5. The van der Waals surface area contributed by atoms with Gasteiger partial charge in [0.1, 0.15) is 0 Å². The minimum absolute atomic E-state index is 0.0165. The van der Waals surface area contributed by atoms with E-state index in [4.69, 9.17) is 14.7 Å². The number of rotatable bonds is 8. The summed E-state index contributed by atoms with van der Waals surface area (Å²) in [4.78, 5) is 12.0. The average molecular weight is 338 g/mol. The molecule has 2 aromatic carbocycles. The molecule has 2 aromatic rings. The summed E-state index contributed by atoms with van der Waals surface area (Å²) in [5.41, 5.74) is 2.61. The zero-order valence-electron chi connectivity index (χ0n) is 14.5. The fraction of sp³-hybridized carbons (Fsp3) is 0.300. The van der Waals surface area contributed by atoms with Gasteiger partial charge in [0.2, 0.25) is 5.91 Å². The molecule has 0 saturated heterocycles. The summed E-state index contributed by atoms with van der Waals surface area (Å²) in [6, 6.07) is 15.0. The van der Waals surface area contributed by atoms with Crippen LogP contribution in [-0.2, 0) is 17.8 Å². The number of carbonyl (C=O) groups excluding carboxylic acids is 1. The molecule has 0 aliphatic heterocycles. The van der Waals surface area contributed by atoms with E-state index in [0.29, 0.717) is 43.1 Å². The van der Waals surface area contributed by atoms with Gasteiger partial charge in [0, 0.05) is 13.0 Å². The predicted molar refractivity (Wildman–Crippen MR) is 95.5 cm³/mol. The number of nitrogens with one attached hydrogen (secondary N) is 1. The molecule has 1 amide bonds. The normalized spacial score (nSPS) is 9.96. The van der Waals surface area contributed by atoms with Crippen LogP contribution in [0.3, 0.4) is 0 Å². The van der Waals surface area contributed by atoms with Gasteiger partial charge in [-0.25, -0.2) is 0 Å². The number of benzene rings is 2. The molecule has 5 heteroatoms. The van der Waals surface area contributed by atoms with Crippen molar-refractivity contribution in [2.45, 2.75) is 26.3 Å². The lowest BCUT2D eigenvalue weighted by Gasteiger charge is -2.11. The lowest BCUT2D eigenvalue weighted by atomic mass is 10.1. The number of amides is 1. The van der Waals surface area contributed by atoms with Gasteiger partial charge in [-0.15, -0.1) is 0 Å². The molecule has 0 atom stereocenters. The van der Waals surface area contributed by atoms with Crippen LogP contribution < -0.4 is 14.8 Å². The summed E-state index contributed by atoms with van der Waals surface area (Å²) in [7, 11) is 1.60. The highest BCUT2D eigenvalue weighted by Crippen LogP contribution is 2.27. The third-order valence-corrected chi connectivity index (χ3v) is 3.74. The molecule has 130 valence electrons.